The summed E-state index contributed by atoms with van der Waals surface area (Å²) in [5.74, 6) is -1.64. The lowest BCUT2D eigenvalue weighted by Gasteiger charge is -2.66. The van der Waals surface area contributed by atoms with Gasteiger partial charge in [0.2, 0.25) is 0 Å². The molecule has 1 aromatic carbocycles. The van der Waals surface area contributed by atoms with Crippen LogP contribution in [0.15, 0.2) is 18.2 Å². The van der Waals surface area contributed by atoms with Crippen molar-refractivity contribution in [1.29, 1.82) is 0 Å². The van der Waals surface area contributed by atoms with Crippen molar-refractivity contribution in [3.63, 3.8) is 0 Å². The Morgan fingerprint density at radius 3 is 2.46 bits per heavy atom. The number of phenols is 1. The topological polar surface area (TPSA) is 97.7 Å². The third-order valence-corrected chi connectivity index (χ3v) is 8.34. The van der Waals surface area contributed by atoms with Gasteiger partial charge in [0, 0.05) is 18.3 Å². The van der Waals surface area contributed by atoms with Crippen molar-refractivity contribution in [3.05, 3.63) is 23.8 Å². The van der Waals surface area contributed by atoms with E-state index in [0.717, 1.165) is 0 Å². The number of carbonyl (C=O) groups is 4. The van der Waals surface area contributed by atoms with Crippen LogP contribution in [0.3, 0.4) is 0 Å². The molecule has 146 valence electrons. The third-order valence-electron chi connectivity index (χ3n) is 8.34. The van der Waals surface area contributed by atoms with Crippen molar-refractivity contribution in [2.45, 2.75) is 52.1 Å². The second-order valence-electron chi connectivity index (χ2n) is 9.29. The Morgan fingerprint density at radius 2 is 1.82 bits per heavy atom. The van der Waals surface area contributed by atoms with Gasteiger partial charge in [-0.25, -0.2) is 0 Å². The Hall–Kier alpha value is -2.50. The highest BCUT2D eigenvalue weighted by Gasteiger charge is 2.84. The molecule has 0 saturated heterocycles. The van der Waals surface area contributed by atoms with E-state index in [2.05, 4.69) is 0 Å². The number of fused-ring (bicyclic) bond motifs is 2. The first-order chi connectivity index (χ1) is 13.1. The summed E-state index contributed by atoms with van der Waals surface area (Å²) in [4.78, 5) is 54.1. The zero-order valence-corrected chi connectivity index (χ0v) is 16.1. The summed E-state index contributed by atoms with van der Waals surface area (Å²) < 4.78 is 6.06. The summed E-state index contributed by atoms with van der Waals surface area (Å²) in [5, 5.41) is 10.3. The van der Waals surface area contributed by atoms with Gasteiger partial charge in [-0.3, -0.25) is 19.2 Å². The van der Waals surface area contributed by atoms with Crippen LogP contribution < -0.4 is 4.74 Å². The van der Waals surface area contributed by atoms with Crippen LogP contribution in [-0.4, -0.2) is 33.8 Å². The van der Waals surface area contributed by atoms with Gasteiger partial charge < -0.3 is 9.84 Å². The molecule has 5 atom stereocenters. The van der Waals surface area contributed by atoms with Crippen molar-refractivity contribution in [3.8, 4) is 11.5 Å². The van der Waals surface area contributed by atoms with E-state index in [9.17, 15) is 24.3 Å². The number of rotatable bonds is 0. The van der Waals surface area contributed by atoms with Crippen LogP contribution in [0.1, 0.15) is 56.8 Å². The van der Waals surface area contributed by atoms with Crippen LogP contribution in [0.4, 0.5) is 0 Å². The summed E-state index contributed by atoms with van der Waals surface area (Å²) in [6.07, 6.45) is 0.821. The first-order valence-corrected chi connectivity index (χ1v) is 9.73. The molecule has 0 radical (unpaired) electrons. The first-order valence-electron chi connectivity index (χ1n) is 9.73. The second kappa shape index (κ2) is 4.73. The predicted molar refractivity (Wildman–Crippen MR) is 97.1 cm³/mol. The van der Waals surface area contributed by atoms with Gasteiger partial charge in [0.15, 0.2) is 23.0 Å². The Labute approximate surface area is 162 Å². The van der Waals surface area contributed by atoms with Crippen molar-refractivity contribution in [2.24, 2.45) is 22.2 Å². The van der Waals surface area contributed by atoms with E-state index < -0.39 is 27.6 Å². The van der Waals surface area contributed by atoms with E-state index in [1.54, 1.807) is 6.92 Å². The zero-order chi connectivity index (χ0) is 20.3. The summed E-state index contributed by atoms with van der Waals surface area (Å²) >= 11 is 0. The average molecular weight is 382 g/mol. The molecule has 28 heavy (non-hydrogen) atoms. The third kappa shape index (κ3) is 1.45. The molecule has 0 unspecified atom stereocenters. The molecule has 4 fully saturated rings. The van der Waals surface area contributed by atoms with Crippen molar-refractivity contribution in [2.75, 3.05) is 0 Å². The fourth-order valence-corrected chi connectivity index (χ4v) is 6.82. The van der Waals surface area contributed by atoms with Gasteiger partial charge in [0.05, 0.1) is 5.41 Å². The van der Waals surface area contributed by atoms with E-state index in [-0.39, 0.29) is 53.2 Å². The molecule has 1 N–H and O–H groups in total. The molecule has 4 saturated carbocycles. The standard InChI is InChI=1S/C22H22O6/c1-11-7-8-14(24)21(11)10-22-15(25)9-19(21,2)18(27)20(22,3)28-13-6-4-5-12(23)16(13)17(22)26/h4-6,11,23H,7-10H2,1-3H3/t11-,19-,20-,21+,22+/m0/s1. The van der Waals surface area contributed by atoms with Gasteiger partial charge in [0.25, 0.3) is 0 Å². The largest absolute Gasteiger partial charge is 0.507 e. The van der Waals surface area contributed by atoms with Crippen LogP contribution >= 0.6 is 0 Å². The van der Waals surface area contributed by atoms with E-state index in [1.807, 2.05) is 6.92 Å². The number of ether oxygens (including phenoxy) is 1. The Kier molecular flexibility index (Phi) is 2.97. The molecule has 6 rings (SSSR count). The number of carbonyl (C=O) groups excluding carboxylic acids is 4. The minimum Gasteiger partial charge on any atom is -0.507 e. The van der Waals surface area contributed by atoms with E-state index in [1.165, 1.54) is 25.1 Å². The van der Waals surface area contributed by atoms with E-state index in [4.69, 9.17) is 4.74 Å². The van der Waals surface area contributed by atoms with Crippen molar-refractivity contribution >= 4 is 23.1 Å². The fourth-order valence-electron chi connectivity index (χ4n) is 6.82. The molecule has 1 aromatic rings. The summed E-state index contributed by atoms with van der Waals surface area (Å²) in [6, 6.07) is 4.41. The smallest absolute Gasteiger partial charge is 0.188 e. The lowest BCUT2D eigenvalue weighted by Crippen LogP contribution is -2.81. The highest BCUT2D eigenvalue weighted by atomic mass is 16.5. The van der Waals surface area contributed by atoms with Gasteiger partial charge in [0.1, 0.15) is 28.3 Å². The molecule has 6 nitrogen and oxygen atoms in total. The van der Waals surface area contributed by atoms with Gasteiger partial charge in [-0.05, 0) is 37.8 Å². The van der Waals surface area contributed by atoms with Crippen LogP contribution in [0.25, 0.3) is 0 Å². The maximum atomic E-state index is 13.9. The molecule has 5 aliphatic rings. The van der Waals surface area contributed by atoms with Gasteiger partial charge in [-0.2, -0.15) is 0 Å². The number of ketones is 4. The molecule has 4 aliphatic carbocycles. The minimum atomic E-state index is -1.78. The normalized spacial score (nSPS) is 43.9. The van der Waals surface area contributed by atoms with Gasteiger partial charge in [-0.15, -0.1) is 0 Å². The number of aromatic hydroxyl groups is 1. The quantitative estimate of drug-likeness (QED) is 0.693. The Balaban J connectivity index is 1.85. The van der Waals surface area contributed by atoms with Crippen LogP contribution in [-0.2, 0) is 14.4 Å². The maximum absolute atomic E-state index is 13.9. The number of benzene rings is 1. The molecule has 2 spiro atoms. The monoisotopic (exact) mass is 382 g/mol. The minimum absolute atomic E-state index is 0.0236. The zero-order valence-electron chi connectivity index (χ0n) is 16.1. The lowest BCUT2D eigenvalue weighted by atomic mass is 9.34. The molecular weight excluding hydrogens is 360 g/mol. The molecule has 1 aliphatic heterocycles. The number of Topliss-reactive ketones (excluding diaryl/α,β-unsaturated/α-hetero) is 4. The fraction of sp³-hybridized carbons (Fsp3) is 0.545. The Bertz CT molecular complexity index is 1010. The molecule has 1 heterocycles. The number of phenolic OH excluding ortho intramolecular Hbond substituents is 1. The number of hydrogen-bond acceptors (Lipinski definition) is 6. The SMILES string of the molecule is C[C@H]1CCC(=O)[C@@]12C[C@]13C(=O)C[C@@]2(C)C(=O)[C@]1(C)Oc1cccc(O)c1C3=O. The maximum Gasteiger partial charge on any atom is 0.188 e. The molecule has 0 aromatic heterocycles. The molecule has 0 amide bonds. The van der Waals surface area contributed by atoms with Crippen LogP contribution in [0, 0.1) is 22.2 Å². The van der Waals surface area contributed by atoms with Crippen molar-refractivity contribution < 1.29 is 29.0 Å². The van der Waals surface area contributed by atoms with E-state index >= 15 is 0 Å². The Morgan fingerprint density at radius 1 is 1.11 bits per heavy atom. The molecule has 2 bridgehead atoms. The second-order valence-corrected chi connectivity index (χ2v) is 9.29. The average Bonchev–Trinajstić information content (AvgIpc) is 2.90. The molecular formula is C22H22O6. The van der Waals surface area contributed by atoms with E-state index in [0.29, 0.717) is 12.8 Å². The lowest BCUT2D eigenvalue weighted by molar-refractivity contribution is -0.207. The van der Waals surface area contributed by atoms with Crippen molar-refractivity contribution in [1.82, 2.24) is 0 Å². The van der Waals surface area contributed by atoms with Gasteiger partial charge >= 0.3 is 0 Å². The van der Waals surface area contributed by atoms with Crippen LogP contribution in [0.5, 0.6) is 11.5 Å². The molecule has 6 heteroatoms. The predicted octanol–water partition coefficient (Wildman–Crippen LogP) is 2.65. The van der Waals surface area contributed by atoms with Gasteiger partial charge in [-0.1, -0.05) is 19.9 Å². The first kappa shape index (κ1) is 17.6. The summed E-state index contributed by atoms with van der Waals surface area (Å²) in [5.41, 5.74) is -5.76. The number of hydrogen-bond donors (Lipinski definition) is 1. The highest BCUT2D eigenvalue weighted by Crippen LogP contribution is 2.72. The van der Waals surface area contributed by atoms with Crippen LogP contribution in [0.2, 0.25) is 0 Å². The summed E-state index contributed by atoms with van der Waals surface area (Å²) in [7, 11) is 0. The highest BCUT2D eigenvalue weighted by molar-refractivity contribution is 6.27. The summed E-state index contributed by atoms with van der Waals surface area (Å²) in [6.45, 7) is 5.14.